The van der Waals surface area contributed by atoms with Crippen LogP contribution in [-0.4, -0.2) is 33.7 Å². The van der Waals surface area contributed by atoms with Crippen LogP contribution in [0.3, 0.4) is 0 Å². The molecule has 0 amide bonds. The number of aliphatic carboxylic acids is 1. The van der Waals surface area contributed by atoms with Gasteiger partial charge in [0.25, 0.3) is 6.29 Å². The maximum absolute atomic E-state index is 10.4. The van der Waals surface area contributed by atoms with Gasteiger partial charge in [0.05, 0.1) is 0 Å². The number of hydrogen-bond acceptors (Lipinski definition) is 7. The summed E-state index contributed by atoms with van der Waals surface area (Å²) in [6.07, 6.45) is -1.45. The summed E-state index contributed by atoms with van der Waals surface area (Å²) in [6.45, 7) is 0. The zero-order valence-corrected chi connectivity index (χ0v) is 5.67. The zero-order valence-electron chi connectivity index (χ0n) is 5.67. The van der Waals surface area contributed by atoms with E-state index in [0.29, 0.717) is 0 Å². The molecule has 8 nitrogen and oxygen atoms in total. The number of carbonyl (C=O) groups is 2. The molecule has 1 heterocycles. The largest absolute Gasteiger partial charge is 0.481 e. The molecule has 8 heteroatoms. The highest BCUT2D eigenvalue weighted by atomic mass is 17.4. The minimum absolute atomic E-state index is 0.537. The Kier molecular flexibility index (Phi) is 5.08. The third-order valence-electron chi connectivity index (χ3n) is 0.781. The molecule has 0 spiro atoms. The maximum atomic E-state index is 10.4. The lowest BCUT2D eigenvalue weighted by Gasteiger charge is -1.83. The van der Waals surface area contributed by atoms with Crippen LogP contribution in [0, 0.1) is 0 Å². The fraction of sp³-hybridized carbons (Fsp3) is 0.500. The van der Waals surface area contributed by atoms with Crippen molar-refractivity contribution in [1.82, 2.24) is 0 Å². The molecule has 1 saturated heterocycles. The molecule has 1 rings (SSSR count). The van der Waals surface area contributed by atoms with Crippen molar-refractivity contribution in [3.63, 3.8) is 0 Å². The molecule has 0 radical (unpaired) electrons. The first kappa shape index (κ1) is 10.9. The van der Waals surface area contributed by atoms with E-state index in [2.05, 4.69) is 14.8 Å². The van der Waals surface area contributed by atoms with E-state index in [4.69, 9.17) is 15.6 Å². The summed E-state index contributed by atoms with van der Waals surface area (Å²) in [5, 5.41) is 23.5. The van der Waals surface area contributed by atoms with Crippen LogP contribution in [0.4, 0.5) is 0 Å². The Morgan fingerprint density at radius 2 is 1.75 bits per heavy atom. The normalized spacial score (nSPS) is 14.5. The average Bonchev–Trinajstić information content (AvgIpc) is 2.67. The highest BCUT2D eigenvalue weighted by Crippen LogP contribution is 2.14. The predicted octanol–water partition coefficient (Wildman–Crippen LogP) is -0.733. The smallest absolute Gasteiger partial charge is 0.311 e. The van der Waals surface area contributed by atoms with Crippen LogP contribution in [0.15, 0.2) is 0 Å². The van der Waals surface area contributed by atoms with Crippen LogP contribution in [-0.2, 0) is 24.4 Å². The van der Waals surface area contributed by atoms with Gasteiger partial charge >= 0.3 is 5.97 Å². The molecular weight excluding hydrogens is 176 g/mol. The van der Waals surface area contributed by atoms with Crippen molar-refractivity contribution >= 4 is 11.8 Å². The molecule has 12 heavy (non-hydrogen) atoms. The first-order valence-corrected chi connectivity index (χ1v) is 2.63. The Morgan fingerprint density at radius 1 is 1.33 bits per heavy atom. The highest BCUT2D eigenvalue weighted by Gasteiger charge is 2.35. The van der Waals surface area contributed by atoms with Gasteiger partial charge in [-0.3, -0.25) is 9.59 Å². The molecule has 0 unspecified atom stereocenters. The second kappa shape index (κ2) is 5.57. The lowest BCUT2D eigenvalue weighted by atomic mass is 10.3. The SMILES string of the molecule is O=C(O)CC(=O)C1OO1.OOO. The Morgan fingerprint density at radius 3 is 2.00 bits per heavy atom. The summed E-state index contributed by atoms with van der Waals surface area (Å²) < 4.78 is 0. The van der Waals surface area contributed by atoms with Gasteiger partial charge in [0.1, 0.15) is 6.42 Å². The summed E-state index contributed by atoms with van der Waals surface area (Å²) in [7, 11) is 0. The van der Waals surface area contributed by atoms with Gasteiger partial charge in [-0.25, -0.2) is 10.5 Å². The van der Waals surface area contributed by atoms with E-state index in [0.717, 1.165) is 0 Å². The number of ketones is 1. The van der Waals surface area contributed by atoms with E-state index in [9.17, 15) is 9.59 Å². The van der Waals surface area contributed by atoms with Gasteiger partial charge in [0.2, 0.25) is 5.78 Å². The lowest BCUT2D eigenvalue weighted by molar-refractivity contribution is -0.465. The van der Waals surface area contributed by atoms with Gasteiger partial charge in [-0.05, 0) is 0 Å². The van der Waals surface area contributed by atoms with Gasteiger partial charge in [-0.1, -0.05) is 5.04 Å². The number of carboxylic acid groups (broad SMARTS) is 1. The Hall–Kier alpha value is -1.06. The van der Waals surface area contributed by atoms with Crippen molar-refractivity contribution in [2.75, 3.05) is 0 Å². The Balaban J connectivity index is 0.000000354. The summed E-state index contributed by atoms with van der Waals surface area (Å²) >= 11 is 0. The van der Waals surface area contributed by atoms with Gasteiger partial charge in [0, 0.05) is 0 Å². The second-order valence-electron chi connectivity index (χ2n) is 1.64. The number of hydrogen-bond donors (Lipinski definition) is 3. The minimum Gasteiger partial charge on any atom is -0.481 e. The van der Waals surface area contributed by atoms with Crippen LogP contribution < -0.4 is 0 Å². The molecule has 0 aromatic heterocycles. The molecular formula is C4H6O8. The van der Waals surface area contributed by atoms with E-state index in [1.165, 1.54) is 0 Å². The van der Waals surface area contributed by atoms with Gasteiger partial charge < -0.3 is 5.11 Å². The van der Waals surface area contributed by atoms with Crippen molar-refractivity contribution in [1.29, 1.82) is 0 Å². The quantitative estimate of drug-likeness (QED) is 0.225. The summed E-state index contributed by atoms with van der Waals surface area (Å²) in [5.41, 5.74) is 0. The van der Waals surface area contributed by atoms with Crippen LogP contribution in [0.1, 0.15) is 6.42 Å². The summed E-state index contributed by atoms with van der Waals surface area (Å²) in [4.78, 5) is 28.3. The third-order valence-corrected chi connectivity index (χ3v) is 0.781. The molecule has 0 atom stereocenters. The van der Waals surface area contributed by atoms with Gasteiger partial charge in [-0.15, -0.1) is 0 Å². The summed E-state index contributed by atoms with van der Waals surface area (Å²) in [6, 6.07) is 0. The monoisotopic (exact) mass is 182 g/mol. The van der Waals surface area contributed by atoms with Crippen LogP contribution in [0.2, 0.25) is 0 Å². The standard InChI is InChI=1S/C4H4O5.H2O3/c5-2(1-3(6)7)4-8-9-4;1-3-2/h4H,1H2,(H,6,7);1-2H. The minimum atomic E-state index is -1.17. The molecule has 1 fully saturated rings. The van der Waals surface area contributed by atoms with Gasteiger partial charge in [-0.2, -0.15) is 9.78 Å². The Labute approximate surface area is 65.7 Å². The predicted molar refractivity (Wildman–Crippen MR) is 29.6 cm³/mol. The number of rotatable bonds is 3. The van der Waals surface area contributed by atoms with Crippen molar-refractivity contribution in [3.8, 4) is 0 Å². The molecule has 0 bridgehead atoms. The van der Waals surface area contributed by atoms with E-state index < -0.39 is 24.5 Å². The highest BCUT2D eigenvalue weighted by molar-refractivity contribution is 5.97. The van der Waals surface area contributed by atoms with Crippen molar-refractivity contribution in [3.05, 3.63) is 0 Å². The van der Waals surface area contributed by atoms with E-state index in [1.54, 1.807) is 0 Å². The lowest BCUT2D eigenvalue weighted by Crippen LogP contribution is -2.11. The third kappa shape index (κ3) is 5.70. The number of Topliss-reactive ketones (excluding diaryl/α,β-unsaturated/α-hetero) is 1. The molecule has 0 aromatic carbocycles. The average molecular weight is 182 g/mol. The first-order chi connectivity index (χ1) is 5.61. The summed E-state index contributed by atoms with van der Waals surface area (Å²) in [5.74, 6) is -1.72. The first-order valence-electron chi connectivity index (χ1n) is 2.63. The molecule has 3 N–H and O–H groups in total. The van der Waals surface area contributed by atoms with Crippen LogP contribution >= 0.6 is 0 Å². The molecule has 0 aliphatic carbocycles. The maximum Gasteiger partial charge on any atom is 0.311 e. The van der Waals surface area contributed by atoms with E-state index >= 15 is 0 Å². The molecule has 0 aromatic rings. The molecule has 1 aliphatic heterocycles. The second-order valence-corrected chi connectivity index (χ2v) is 1.64. The van der Waals surface area contributed by atoms with E-state index in [-0.39, 0.29) is 0 Å². The molecule has 1 aliphatic rings. The topological polar surface area (TPSA) is 129 Å². The van der Waals surface area contributed by atoms with Crippen molar-refractivity contribution in [2.24, 2.45) is 0 Å². The van der Waals surface area contributed by atoms with Crippen molar-refractivity contribution < 1.29 is 40.0 Å². The Bertz CT molecular complexity index is 160. The number of carboxylic acids is 1. The fourth-order valence-corrected chi connectivity index (χ4v) is 0.367. The fourth-order valence-electron chi connectivity index (χ4n) is 0.367. The van der Waals surface area contributed by atoms with E-state index in [1.807, 2.05) is 0 Å². The van der Waals surface area contributed by atoms with Crippen molar-refractivity contribution in [2.45, 2.75) is 12.7 Å². The molecule has 70 valence electrons. The van der Waals surface area contributed by atoms with Crippen LogP contribution in [0.25, 0.3) is 0 Å². The molecule has 0 saturated carbocycles. The van der Waals surface area contributed by atoms with Crippen LogP contribution in [0.5, 0.6) is 0 Å². The zero-order chi connectivity index (χ0) is 9.56. The van der Waals surface area contributed by atoms with Gasteiger partial charge in [0.15, 0.2) is 0 Å². The number of carbonyl (C=O) groups excluding carboxylic acids is 1.